The molecule has 1 heterocycles. The highest BCUT2D eigenvalue weighted by molar-refractivity contribution is 6.30. The average Bonchev–Trinajstić information content (AvgIpc) is 2.51. The second kappa shape index (κ2) is 7.23. The van der Waals surface area contributed by atoms with E-state index in [0.29, 0.717) is 0 Å². The Morgan fingerprint density at radius 3 is 2.13 bits per heavy atom. The van der Waals surface area contributed by atoms with Gasteiger partial charge in [0.25, 0.3) is 5.91 Å². The molecule has 128 valence electrons. The molecule has 1 atom stereocenters. The van der Waals surface area contributed by atoms with Crippen LogP contribution in [0.15, 0.2) is 12.1 Å². The second-order valence-corrected chi connectivity index (χ2v) is 7.14. The van der Waals surface area contributed by atoms with Crippen LogP contribution >= 0.6 is 11.6 Å². The third-order valence-electron chi connectivity index (χ3n) is 5.69. The summed E-state index contributed by atoms with van der Waals surface area (Å²) >= 11 is 6.16. The smallest absolute Gasteiger partial charge is 0.285 e. The number of benzene rings is 1. The first-order valence-corrected chi connectivity index (χ1v) is 9.21. The summed E-state index contributed by atoms with van der Waals surface area (Å²) in [6, 6.07) is 4.00. The van der Waals surface area contributed by atoms with Gasteiger partial charge in [0.2, 0.25) is 0 Å². The average molecular weight is 338 g/mol. The van der Waals surface area contributed by atoms with E-state index in [2.05, 4.69) is 20.8 Å². The summed E-state index contributed by atoms with van der Waals surface area (Å²) in [5.74, 6) is 0.287. The summed E-state index contributed by atoms with van der Waals surface area (Å²) in [6.07, 6.45) is 2.06. The minimum Gasteiger partial charge on any atom is -0.314 e. The molecule has 1 unspecified atom stereocenters. The lowest BCUT2D eigenvalue weighted by Crippen LogP contribution is -2.63. The van der Waals surface area contributed by atoms with E-state index >= 15 is 0 Å². The van der Waals surface area contributed by atoms with E-state index in [9.17, 15) is 4.79 Å². The fraction of sp³-hybridized carbons (Fsp3) is 0.632. The van der Waals surface area contributed by atoms with Crippen LogP contribution in [0.2, 0.25) is 5.02 Å². The molecule has 23 heavy (non-hydrogen) atoms. The second-order valence-electron chi connectivity index (χ2n) is 6.70. The lowest BCUT2D eigenvalue weighted by molar-refractivity contribution is -0.938. The van der Waals surface area contributed by atoms with Crippen LogP contribution in [-0.4, -0.2) is 42.6 Å². The van der Waals surface area contributed by atoms with Crippen molar-refractivity contribution in [2.45, 2.75) is 53.5 Å². The van der Waals surface area contributed by atoms with Gasteiger partial charge in [0.05, 0.1) is 19.6 Å². The number of rotatable bonds is 5. The van der Waals surface area contributed by atoms with Gasteiger partial charge in [-0.2, -0.15) is 0 Å². The molecular formula is C19H30ClN2O+. The van der Waals surface area contributed by atoms with Crippen LogP contribution in [0, 0.1) is 13.8 Å². The van der Waals surface area contributed by atoms with Crippen LogP contribution in [0.4, 0.5) is 5.69 Å². The zero-order chi connectivity index (χ0) is 17.2. The molecule has 3 nitrogen and oxygen atoms in total. The molecule has 4 heteroatoms. The van der Waals surface area contributed by atoms with E-state index in [1.807, 2.05) is 30.9 Å². The quantitative estimate of drug-likeness (QED) is 0.732. The maximum absolute atomic E-state index is 13.3. The fourth-order valence-corrected chi connectivity index (χ4v) is 4.57. The monoisotopic (exact) mass is 337 g/mol. The number of likely N-dealkylation sites (N-methyl/N-ethyl adjacent to an activating group) is 1. The molecule has 1 aromatic rings. The predicted octanol–water partition coefficient (Wildman–Crippen LogP) is 4.33. The highest BCUT2D eigenvalue weighted by Gasteiger charge is 2.43. The largest absolute Gasteiger partial charge is 0.314 e. The number of piperidine rings is 1. The van der Waals surface area contributed by atoms with Gasteiger partial charge in [0, 0.05) is 23.7 Å². The Morgan fingerprint density at radius 2 is 1.65 bits per heavy atom. The van der Waals surface area contributed by atoms with Crippen molar-refractivity contribution in [3.63, 3.8) is 0 Å². The summed E-state index contributed by atoms with van der Waals surface area (Å²) in [6.45, 7) is 14.6. The number of halogens is 1. The van der Waals surface area contributed by atoms with Gasteiger partial charge in [0.1, 0.15) is 0 Å². The van der Waals surface area contributed by atoms with E-state index in [4.69, 9.17) is 11.6 Å². The fourth-order valence-electron chi connectivity index (χ4n) is 4.25. The van der Waals surface area contributed by atoms with Crippen LogP contribution in [-0.2, 0) is 4.79 Å². The van der Waals surface area contributed by atoms with Crippen molar-refractivity contribution in [2.24, 2.45) is 0 Å². The highest BCUT2D eigenvalue weighted by Crippen LogP contribution is 2.33. The molecule has 1 amide bonds. The number of quaternary nitrogens is 1. The van der Waals surface area contributed by atoms with Crippen LogP contribution in [0.5, 0.6) is 0 Å². The molecule has 0 bridgehead atoms. The molecule has 0 saturated carbocycles. The minimum absolute atomic E-state index is 0.0817. The number of nitrogens with zero attached hydrogens (tertiary/aromatic N) is 2. The Balaban J connectivity index is 2.41. The van der Waals surface area contributed by atoms with E-state index < -0.39 is 0 Å². The van der Waals surface area contributed by atoms with Crippen molar-refractivity contribution in [2.75, 3.05) is 31.1 Å². The van der Waals surface area contributed by atoms with E-state index in [1.165, 1.54) is 0 Å². The molecule has 1 aromatic carbocycles. The number of hydrogen-bond donors (Lipinski definition) is 0. The number of carbonyl (C=O) groups excluding carboxylic acids is 1. The topological polar surface area (TPSA) is 20.3 Å². The standard InChI is InChI=1S/C19H30ClN2O/c1-6-22(7-2,8-3)17-10-9-11-21(19(17)23)18-14(4)12-16(20)13-15(18)5/h12-13,17H,6-11H2,1-5H3/q+1. The lowest BCUT2D eigenvalue weighted by atomic mass is 9.97. The van der Waals surface area contributed by atoms with E-state index in [-0.39, 0.29) is 11.9 Å². The predicted molar refractivity (Wildman–Crippen MR) is 98.2 cm³/mol. The molecule has 0 spiro atoms. The van der Waals surface area contributed by atoms with Gasteiger partial charge < -0.3 is 9.38 Å². The molecule has 0 radical (unpaired) electrons. The van der Waals surface area contributed by atoms with Crippen molar-refractivity contribution >= 4 is 23.2 Å². The maximum Gasteiger partial charge on any atom is 0.285 e. The van der Waals surface area contributed by atoms with Crippen molar-refractivity contribution in [1.29, 1.82) is 0 Å². The molecule has 1 aliphatic rings. The van der Waals surface area contributed by atoms with Crippen LogP contribution in [0.25, 0.3) is 0 Å². The zero-order valence-electron chi connectivity index (χ0n) is 15.2. The molecule has 0 aromatic heterocycles. The number of aryl methyl sites for hydroxylation is 2. The Morgan fingerprint density at radius 1 is 1.13 bits per heavy atom. The van der Waals surface area contributed by atoms with Gasteiger partial charge in [-0.05, 0) is 64.3 Å². The molecule has 0 aliphatic carbocycles. The van der Waals surface area contributed by atoms with Crippen LogP contribution < -0.4 is 4.90 Å². The third-order valence-corrected chi connectivity index (χ3v) is 5.90. The number of carbonyl (C=O) groups is 1. The molecule has 0 N–H and O–H groups in total. The van der Waals surface area contributed by atoms with E-state index in [0.717, 1.165) is 65.3 Å². The first kappa shape index (κ1) is 18.3. The van der Waals surface area contributed by atoms with Crippen LogP contribution in [0.1, 0.15) is 44.7 Å². The van der Waals surface area contributed by atoms with Gasteiger partial charge in [-0.25, -0.2) is 0 Å². The summed E-state index contributed by atoms with van der Waals surface area (Å²) in [4.78, 5) is 15.3. The summed E-state index contributed by atoms with van der Waals surface area (Å²) in [5.41, 5.74) is 3.24. The SMILES string of the molecule is CC[N+](CC)(CC)C1CCCN(c2c(C)cc(Cl)cc2C)C1=O. The summed E-state index contributed by atoms with van der Waals surface area (Å²) in [5, 5.41) is 0.741. The Labute approximate surface area is 145 Å². The molecule has 1 fully saturated rings. The van der Waals surface area contributed by atoms with Gasteiger partial charge in [-0.3, -0.25) is 4.79 Å². The first-order chi connectivity index (χ1) is 10.9. The van der Waals surface area contributed by atoms with Crippen molar-refractivity contribution in [3.05, 3.63) is 28.3 Å². The molecule has 1 saturated heterocycles. The minimum atomic E-state index is 0.0817. The molecular weight excluding hydrogens is 308 g/mol. The zero-order valence-corrected chi connectivity index (χ0v) is 15.9. The van der Waals surface area contributed by atoms with Crippen molar-refractivity contribution in [1.82, 2.24) is 0 Å². The van der Waals surface area contributed by atoms with Gasteiger partial charge >= 0.3 is 0 Å². The number of amides is 1. The first-order valence-electron chi connectivity index (χ1n) is 8.84. The number of hydrogen-bond acceptors (Lipinski definition) is 1. The van der Waals surface area contributed by atoms with Crippen molar-refractivity contribution in [3.8, 4) is 0 Å². The number of anilines is 1. The summed E-state index contributed by atoms with van der Waals surface area (Å²) in [7, 11) is 0. The molecule has 2 rings (SSSR count). The summed E-state index contributed by atoms with van der Waals surface area (Å²) < 4.78 is 0.890. The Bertz CT molecular complexity index is 549. The van der Waals surface area contributed by atoms with Crippen LogP contribution in [0.3, 0.4) is 0 Å². The van der Waals surface area contributed by atoms with Crippen molar-refractivity contribution < 1.29 is 9.28 Å². The normalized spacial score (nSPS) is 19.3. The van der Waals surface area contributed by atoms with Gasteiger partial charge in [-0.1, -0.05) is 11.6 Å². The Hall–Kier alpha value is -1.06. The third kappa shape index (κ3) is 3.27. The molecule has 1 aliphatic heterocycles. The highest BCUT2D eigenvalue weighted by atomic mass is 35.5. The lowest BCUT2D eigenvalue weighted by Gasteiger charge is -2.46. The maximum atomic E-state index is 13.3. The van der Waals surface area contributed by atoms with Gasteiger partial charge in [-0.15, -0.1) is 0 Å². The van der Waals surface area contributed by atoms with Gasteiger partial charge in [0.15, 0.2) is 6.04 Å². The Kier molecular flexibility index (Phi) is 5.74. The van der Waals surface area contributed by atoms with E-state index in [1.54, 1.807) is 0 Å².